The summed E-state index contributed by atoms with van der Waals surface area (Å²) in [5, 5.41) is 0. The molecule has 32 heavy (non-hydrogen) atoms. The van der Waals surface area contributed by atoms with Crippen molar-refractivity contribution in [2.75, 3.05) is 0 Å². The zero-order valence-corrected chi connectivity index (χ0v) is 20.2. The van der Waals surface area contributed by atoms with E-state index >= 15 is 0 Å². The standard InChI is InChI=1S/C26H20BrN3.C2H6/c1-3-25(27)15-19-8-9-26(30-18(19)2)24-13-22(20-6-4-10-28-16-20)12-23(14-24)21-7-5-11-29-17-21;1-2/h3-17H,1H2,2H3;1-2H3/b25-15+;. The normalized spacial score (nSPS) is 10.8. The molecule has 0 bridgehead atoms. The van der Waals surface area contributed by atoms with E-state index in [4.69, 9.17) is 4.98 Å². The highest BCUT2D eigenvalue weighted by Crippen LogP contribution is 2.32. The summed E-state index contributed by atoms with van der Waals surface area (Å²) >= 11 is 3.49. The molecular formula is C28H26BrN3. The van der Waals surface area contributed by atoms with Crippen LogP contribution in [-0.2, 0) is 0 Å². The molecule has 0 aliphatic carbocycles. The Morgan fingerprint density at radius 1 is 0.812 bits per heavy atom. The molecule has 0 fully saturated rings. The number of pyridine rings is 3. The van der Waals surface area contributed by atoms with Crippen molar-refractivity contribution in [3.8, 4) is 33.5 Å². The van der Waals surface area contributed by atoms with Crippen molar-refractivity contribution in [1.82, 2.24) is 15.0 Å². The largest absolute Gasteiger partial charge is 0.264 e. The van der Waals surface area contributed by atoms with Crippen molar-refractivity contribution >= 4 is 22.0 Å². The highest BCUT2D eigenvalue weighted by Gasteiger charge is 2.10. The molecule has 160 valence electrons. The van der Waals surface area contributed by atoms with Crippen LogP contribution >= 0.6 is 15.9 Å². The van der Waals surface area contributed by atoms with E-state index in [0.717, 1.165) is 49.3 Å². The minimum Gasteiger partial charge on any atom is -0.264 e. The molecule has 0 spiro atoms. The van der Waals surface area contributed by atoms with Crippen LogP contribution < -0.4 is 0 Å². The third-order valence-electron chi connectivity index (χ3n) is 4.83. The zero-order chi connectivity index (χ0) is 22.9. The molecule has 3 nitrogen and oxygen atoms in total. The number of aromatic nitrogens is 3. The monoisotopic (exact) mass is 483 g/mol. The summed E-state index contributed by atoms with van der Waals surface area (Å²) in [5.41, 5.74) is 8.32. The first-order chi connectivity index (χ1) is 15.6. The van der Waals surface area contributed by atoms with Crippen LogP contribution in [0.4, 0.5) is 0 Å². The number of halogens is 1. The maximum atomic E-state index is 4.87. The average Bonchev–Trinajstić information content (AvgIpc) is 2.87. The van der Waals surface area contributed by atoms with Gasteiger partial charge in [-0.1, -0.05) is 60.6 Å². The fourth-order valence-corrected chi connectivity index (χ4v) is 3.52. The van der Waals surface area contributed by atoms with E-state index in [1.54, 1.807) is 18.5 Å². The van der Waals surface area contributed by atoms with Gasteiger partial charge in [0.15, 0.2) is 0 Å². The molecular weight excluding hydrogens is 458 g/mol. The molecule has 4 aromatic rings. The average molecular weight is 484 g/mol. The Labute approximate surface area is 198 Å². The van der Waals surface area contributed by atoms with Gasteiger partial charge in [0.05, 0.1) is 5.69 Å². The molecule has 0 N–H and O–H groups in total. The van der Waals surface area contributed by atoms with Crippen LogP contribution in [0.2, 0.25) is 0 Å². The molecule has 3 aromatic heterocycles. The van der Waals surface area contributed by atoms with Gasteiger partial charge in [0.1, 0.15) is 0 Å². The number of aryl methyl sites for hydroxylation is 1. The molecule has 3 heterocycles. The highest BCUT2D eigenvalue weighted by molar-refractivity contribution is 9.12. The first-order valence-corrected chi connectivity index (χ1v) is 11.4. The molecule has 0 aliphatic rings. The summed E-state index contributed by atoms with van der Waals surface area (Å²) in [7, 11) is 0. The Morgan fingerprint density at radius 2 is 1.38 bits per heavy atom. The summed E-state index contributed by atoms with van der Waals surface area (Å²) < 4.78 is 0.928. The number of rotatable bonds is 5. The Morgan fingerprint density at radius 3 is 1.84 bits per heavy atom. The lowest BCUT2D eigenvalue weighted by atomic mass is 9.96. The molecule has 0 unspecified atom stereocenters. The Bertz CT molecular complexity index is 1160. The Hall–Kier alpha value is -3.37. The number of benzene rings is 1. The van der Waals surface area contributed by atoms with E-state index in [1.165, 1.54) is 0 Å². The smallest absolute Gasteiger partial charge is 0.0706 e. The van der Waals surface area contributed by atoms with E-state index in [-0.39, 0.29) is 0 Å². The van der Waals surface area contributed by atoms with Crippen LogP contribution in [0, 0.1) is 6.92 Å². The van der Waals surface area contributed by atoms with Crippen molar-refractivity contribution < 1.29 is 0 Å². The number of nitrogens with zero attached hydrogens (tertiary/aromatic N) is 3. The van der Waals surface area contributed by atoms with Gasteiger partial charge in [-0.15, -0.1) is 0 Å². The molecule has 4 rings (SSSR count). The summed E-state index contributed by atoms with van der Waals surface area (Å²) in [6, 6.07) is 18.7. The number of hydrogen-bond donors (Lipinski definition) is 0. The highest BCUT2D eigenvalue weighted by atomic mass is 79.9. The molecule has 0 atom stereocenters. The zero-order valence-electron chi connectivity index (χ0n) is 18.6. The summed E-state index contributed by atoms with van der Waals surface area (Å²) in [4.78, 5) is 13.4. The van der Waals surface area contributed by atoms with Gasteiger partial charge in [-0.05, 0) is 66.1 Å². The van der Waals surface area contributed by atoms with Crippen LogP contribution in [0.15, 0.2) is 96.5 Å². The van der Waals surface area contributed by atoms with Gasteiger partial charge in [0.25, 0.3) is 0 Å². The summed E-state index contributed by atoms with van der Waals surface area (Å²) in [5.74, 6) is 0. The second-order valence-electron chi connectivity index (χ2n) is 6.89. The second-order valence-corrected chi connectivity index (χ2v) is 7.80. The van der Waals surface area contributed by atoms with E-state index in [2.05, 4.69) is 74.9 Å². The molecule has 0 aliphatic heterocycles. The quantitative estimate of drug-likeness (QED) is 0.269. The fraction of sp³-hybridized carbons (Fsp3) is 0.107. The lowest BCUT2D eigenvalue weighted by molar-refractivity contribution is 1.19. The number of hydrogen-bond acceptors (Lipinski definition) is 3. The van der Waals surface area contributed by atoms with Crippen molar-refractivity contribution in [1.29, 1.82) is 0 Å². The maximum Gasteiger partial charge on any atom is 0.0706 e. The van der Waals surface area contributed by atoms with Gasteiger partial charge in [0.2, 0.25) is 0 Å². The Balaban J connectivity index is 0.00000141. The molecule has 0 saturated heterocycles. The molecule has 1 aromatic carbocycles. The molecule has 0 saturated carbocycles. The predicted octanol–water partition coefficient (Wildman–Crippen LogP) is 8.13. The van der Waals surface area contributed by atoms with Gasteiger partial charge in [-0.2, -0.15) is 0 Å². The van der Waals surface area contributed by atoms with Crippen LogP contribution in [-0.4, -0.2) is 15.0 Å². The summed E-state index contributed by atoms with van der Waals surface area (Å²) in [6.07, 6.45) is 11.1. The molecule has 0 amide bonds. The minimum atomic E-state index is 0.926. The van der Waals surface area contributed by atoms with Crippen molar-refractivity contribution in [2.45, 2.75) is 20.8 Å². The number of allylic oxidation sites excluding steroid dienone is 2. The third-order valence-corrected chi connectivity index (χ3v) is 5.39. The summed E-state index contributed by atoms with van der Waals surface area (Å²) in [6.45, 7) is 9.80. The van der Waals surface area contributed by atoms with Crippen molar-refractivity contribution in [2.24, 2.45) is 0 Å². The Kier molecular flexibility index (Phi) is 8.23. The maximum absolute atomic E-state index is 4.87. The van der Waals surface area contributed by atoms with E-state index in [0.29, 0.717) is 0 Å². The van der Waals surface area contributed by atoms with Gasteiger partial charge >= 0.3 is 0 Å². The first kappa shape index (κ1) is 23.3. The van der Waals surface area contributed by atoms with Crippen molar-refractivity contribution in [3.63, 3.8) is 0 Å². The van der Waals surface area contributed by atoms with Gasteiger partial charge in [-0.3, -0.25) is 15.0 Å². The minimum absolute atomic E-state index is 0.926. The predicted molar refractivity (Wildman–Crippen MR) is 139 cm³/mol. The molecule has 4 heteroatoms. The van der Waals surface area contributed by atoms with E-state index in [9.17, 15) is 0 Å². The lowest BCUT2D eigenvalue weighted by Crippen LogP contribution is -1.92. The third kappa shape index (κ3) is 5.65. The SMILES string of the molecule is C=C/C(Br)=C\c1ccc(-c2cc(-c3cccnc3)cc(-c3cccnc3)c2)nc1C.CC. The van der Waals surface area contributed by atoms with Crippen LogP contribution in [0.5, 0.6) is 0 Å². The lowest BCUT2D eigenvalue weighted by Gasteiger charge is -2.11. The van der Waals surface area contributed by atoms with E-state index < -0.39 is 0 Å². The van der Waals surface area contributed by atoms with Gasteiger partial charge < -0.3 is 0 Å². The van der Waals surface area contributed by atoms with Gasteiger partial charge in [-0.25, -0.2) is 0 Å². The van der Waals surface area contributed by atoms with Crippen LogP contribution in [0.25, 0.3) is 39.6 Å². The fourth-order valence-electron chi connectivity index (χ4n) is 3.27. The van der Waals surface area contributed by atoms with Crippen LogP contribution in [0.1, 0.15) is 25.1 Å². The topological polar surface area (TPSA) is 38.7 Å². The van der Waals surface area contributed by atoms with E-state index in [1.807, 2.05) is 51.4 Å². The van der Waals surface area contributed by atoms with Gasteiger partial charge in [0, 0.05) is 51.7 Å². The molecule has 0 radical (unpaired) electrons. The van der Waals surface area contributed by atoms with Crippen LogP contribution in [0.3, 0.4) is 0 Å². The first-order valence-electron chi connectivity index (χ1n) is 10.6. The van der Waals surface area contributed by atoms with Crippen molar-refractivity contribution in [3.05, 3.63) is 108 Å². The second kappa shape index (κ2) is 11.3.